The van der Waals surface area contributed by atoms with E-state index in [-0.39, 0.29) is 5.41 Å². The molecule has 2 aromatic carbocycles. The number of H-pyrrole nitrogens is 1. The number of rotatable bonds is 2. The number of aromatic nitrogens is 1. The van der Waals surface area contributed by atoms with Gasteiger partial charge in [0.15, 0.2) is 0 Å². The molecule has 0 amide bonds. The number of carboxylic acids is 1. The molecule has 0 spiro atoms. The highest BCUT2D eigenvalue weighted by atomic mass is 16.4. The van der Waals surface area contributed by atoms with Crippen LogP contribution < -0.4 is 0 Å². The van der Waals surface area contributed by atoms with Crippen molar-refractivity contribution in [3.05, 3.63) is 70.9 Å². The van der Waals surface area contributed by atoms with E-state index in [0.717, 1.165) is 30.2 Å². The Morgan fingerprint density at radius 1 is 1.16 bits per heavy atom. The summed E-state index contributed by atoms with van der Waals surface area (Å²) in [6.07, 6.45) is 5.39. The minimum absolute atomic E-state index is 0.00143. The molecule has 0 saturated heterocycles. The molecule has 128 valence electrons. The van der Waals surface area contributed by atoms with Crippen molar-refractivity contribution in [2.45, 2.75) is 44.4 Å². The maximum Gasteiger partial charge on any atom is 0.337 e. The summed E-state index contributed by atoms with van der Waals surface area (Å²) in [5.41, 5.74) is 5.18. The van der Waals surface area contributed by atoms with E-state index in [1.807, 2.05) is 18.3 Å². The molecule has 1 aliphatic rings. The molecule has 0 radical (unpaired) electrons. The number of aryl methyl sites for hydroxylation is 1. The predicted octanol–water partition coefficient (Wildman–Crippen LogP) is 5.26. The normalized spacial score (nSPS) is 19.4. The van der Waals surface area contributed by atoms with Crippen LogP contribution in [-0.4, -0.2) is 16.1 Å². The molecule has 0 aliphatic heterocycles. The summed E-state index contributed by atoms with van der Waals surface area (Å²) >= 11 is 0. The first-order valence-electron chi connectivity index (χ1n) is 8.92. The lowest BCUT2D eigenvalue weighted by molar-refractivity contribution is 0.0699. The van der Waals surface area contributed by atoms with Crippen molar-refractivity contribution in [2.75, 3.05) is 0 Å². The highest BCUT2D eigenvalue weighted by Gasteiger charge is 2.37. The van der Waals surface area contributed by atoms with Crippen LogP contribution >= 0.6 is 0 Å². The van der Waals surface area contributed by atoms with Gasteiger partial charge in [0.1, 0.15) is 0 Å². The molecule has 3 nitrogen and oxygen atoms in total. The zero-order chi connectivity index (χ0) is 17.6. The zero-order valence-corrected chi connectivity index (χ0v) is 14.7. The average molecular weight is 333 g/mol. The minimum Gasteiger partial charge on any atom is -0.478 e. The van der Waals surface area contributed by atoms with Gasteiger partial charge in [0.25, 0.3) is 0 Å². The highest BCUT2D eigenvalue weighted by Crippen LogP contribution is 2.47. The van der Waals surface area contributed by atoms with Gasteiger partial charge < -0.3 is 10.1 Å². The number of nitrogens with one attached hydrogen (secondary N) is 1. The van der Waals surface area contributed by atoms with Crippen molar-refractivity contribution >= 4 is 16.9 Å². The van der Waals surface area contributed by atoms with Gasteiger partial charge in [-0.2, -0.15) is 0 Å². The van der Waals surface area contributed by atoms with E-state index in [9.17, 15) is 9.90 Å². The van der Waals surface area contributed by atoms with Gasteiger partial charge in [0.2, 0.25) is 0 Å². The standard InChI is InChI=1S/C22H23NO2/c1-22(2)18-11-4-3-7-14(18)8-5-12-19(22)17-13-23-20-15(17)9-6-10-16(20)21(24)25/h3-4,6-7,9-11,13,19,23H,5,8,12H2,1-2H3,(H,24,25). The number of carbonyl (C=O) groups is 1. The number of hydrogen-bond acceptors (Lipinski definition) is 1. The third-order valence-electron chi connectivity index (χ3n) is 5.87. The van der Waals surface area contributed by atoms with E-state index in [2.05, 4.69) is 43.1 Å². The lowest BCUT2D eigenvalue weighted by Crippen LogP contribution is -2.26. The highest BCUT2D eigenvalue weighted by molar-refractivity contribution is 6.03. The smallest absolute Gasteiger partial charge is 0.337 e. The van der Waals surface area contributed by atoms with Crippen molar-refractivity contribution in [1.82, 2.24) is 4.98 Å². The molecule has 1 unspecified atom stereocenters. The summed E-state index contributed by atoms with van der Waals surface area (Å²) in [6, 6.07) is 14.3. The Balaban J connectivity index is 1.89. The predicted molar refractivity (Wildman–Crippen MR) is 100 cm³/mol. The zero-order valence-electron chi connectivity index (χ0n) is 14.7. The molecule has 1 atom stereocenters. The van der Waals surface area contributed by atoms with Crippen LogP contribution in [0.5, 0.6) is 0 Å². The lowest BCUT2D eigenvalue weighted by Gasteiger charge is -2.34. The fourth-order valence-electron chi connectivity index (χ4n) is 4.60. The second kappa shape index (κ2) is 5.76. The van der Waals surface area contributed by atoms with E-state index in [1.165, 1.54) is 16.7 Å². The molecule has 1 heterocycles. The number of carboxylic acid groups (broad SMARTS) is 1. The molecule has 1 aromatic heterocycles. The van der Waals surface area contributed by atoms with Crippen molar-refractivity contribution in [3.8, 4) is 0 Å². The lowest BCUT2D eigenvalue weighted by atomic mass is 9.69. The number of aromatic amines is 1. The topological polar surface area (TPSA) is 53.1 Å². The van der Waals surface area contributed by atoms with Crippen LogP contribution in [0.2, 0.25) is 0 Å². The van der Waals surface area contributed by atoms with Gasteiger partial charge in [0, 0.05) is 11.6 Å². The van der Waals surface area contributed by atoms with Gasteiger partial charge in [0.05, 0.1) is 11.1 Å². The van der Waals surface area contributed by atoms with Gasteiger partial charge in [-0.3, -0.25) is 0 Å². The van der Waals surface area contributed by atoms with E-state index in [0.29, 0.717) is 11.5 Å². The van der Waals surface area contributed by atoms with Crippen LogP contribution in [0.1, 0.15) is 59.7 Å². The molecular weight excluding hydrogens is 310 g/mol. The number of aromatic carboxylic acids is 1. The van der Waals surface area contributed by atoms with Crippen molar-refractivity contribution in [1.29, 1.82) is 0 Å². The van der Waals surface area contributed by atoms with Crippen LogP contribution in [0.4, 0.5) is 0 Å². The number of benzene rings is 2. The monoisotopic (exact) mass is 333 g/mol. The van der Waals surface area contributed by atoms with Gasteiger partial charge in [-0.1, -0.05) is 50.2 Å². The van der Waals surface area contributed by atoms with Gasteiger partial charge in [-0.25, -0.2) is 4.79 Å². The third kappa shape index (κ3) is 2.46. The number of hydrogen-bond donors (Lipinski definition) is 2. The Labute approximate surface area is 147 Å². The second-order valence-electron chi connectivity index (χ2n) is 7.60. The Hall–Kier alpha value is -2.55. The van der Waals surface area contributed by atoms with Crippen LogP contribution in [0, 0.1) is 0 Å². The second-order valence-corrected chi connectivity index (χ2v) is 7.60. The van der Waals surface area contributed by atoms with E-state index in [4.69, 9.17) is 0 Å². The summed E-state index contributed by atoms with van der Waals surface area (Å²) in [7, 11) is 0. The van der Waals surface area contributed by atoms with Crippen LogP contribution in [0.15, 0.2) is 48.7 Å². The molecule has 0 fully saturated rings. The van der Waals surface area contributed by atoms with Crippen molar-refractivity contribution in [3.63, 3.8) is 0 Å². The van der Waals surface area contributed by atoms with Gasteiger partial charge >= 0.3 is 5.97 Å². The van der Waals surface area contributed by atoms with Gasteiger partial charge in [-0.05, 0) is 53.4 Å². The molecule has 1 aliphatic carbocycles. The molecular formula is C22H23NO2. The Morgan fingerprint density at radius 2 is 1.96 bits per heavy atom. The quantitative estimate of drug-likeness (QED) is 0.628. The van der Waals surface area contributed by atoms with E-state index >= 15 is 0 Å². The van der Waals surface area contributed by atoms with Crippen molar-refractivity contribution in [2.24, 2.45) is 0 Å². The molecule has 0 bridgehead atoms. The first-order chi connectivity index (χ1) is 12.0. The Bertz CT molecular complexity index is 952. The largest absolute Gasteiger partial charge is 0.478 e. The van der Waals surface area contributed by atoms with Crippen LogP contribution in [0.3, 0.4) is 0 Å². The van der Waals surface area contributed by atoms with Crippen LogP contribution in [0.25, 0.3) is 10.9 Å². The minimum atomic E-state index is -0.885. The van der Waals surface area contributed by atoms with Gasteiger partial charge in [-0.15, -0.1) is 0 Å². The molecule has 3 heteroatoms. The maximum atomic E-state index is 11.5. The van der Waals surface area contributed by atoms with Crippen molar-refractivity contribution < 1.29 is 9.90 Å². The average Bonchev–Trinajstić information content (AvgIpc) is 2.96. The summed E-state index contributed by atoms with van der Waals surface area (Å²) < 4.78 is 0. The summed E-state index contributed by atoms with van der Waals surface area (Å²) in [6.45, 7) is 4.64. The molecule has 25 heavy (non-hydrogen) atoms. The number of fused-ring (bicyclic) bond motifs is 2. The van der Waals surface area contributed by atoms with Crippen LogP contribution in [-0.2, 0) is 11.8 Å². The summed E-state index contributed by atoms with van der Waals surface area (Å²) in [5, 5.41) is 10.5. The number of para-hydroxylation sites is 1. The summed E-state index contributed by atoms with van der Waals surface area (Å²) in [4.78, 5) is 14.8. The molecule has 3 aromatic rings. The Kier molecular flexibility index (Phi) is 3.68. The Morgan fingerprint density at radius 3 is 2.76 bits per heavy atom. The SMILES string of the molecule is CC1(C)c2ccccc2CCCC1c1c[nH]c2c(C(=O)O)cccc12. The first-order valence-corrected chi connectivity index (χ1v) is 8.92. The summed E-state index contributed by atoms with van der Waals surface area (Å²) in [5.74, 6) is -0.529. The molecule has 2 N–H and O–H groups in total. The van der Waals surface area contributed by atoms with E-state index < -0.39 is 5.97 Å². The first kappa shape index (κ1) is 15.9. The maximum absolute atomic E-state index is 11.5. The fourth-order valence-corrected chi connectivity index (χ4v) is 4.60. The fraction of sp³-hybridized carbons (Fsp3) is 0.318. The molecule has 0 saturated carbocycles. The third-order valence-corrected chi connectivity index (χ3v) is 5.87. The van der Waals surface area contributed by atoms with E-state index in [1.54, 1.807) is 6.07 Å². The molecule has 4 rings (SSSR count).